The van der Waals surface area contributed by atoms with Gasteiger partial charge in [-0.05, 0) is 57.0 Å². The highest BCUT2D eigenvalue weighted by atomic mass is 35.5. The van der Waals surface area contributed by atoms with Crippen molar-refractivity contribution < 1.29 is 13.2 Å². The Morgan fingerprint density at radius 1 is 1.39 bits per heavy atom. The van der Waals surface area contributed by atoms with Gasteiger partial charge in [0.15, 0.2) is 0 Å². The van der Waals surface area contributed by atoms with E-state index in [1.54, 1.807) is 25.1 Å². The van der Waals surface area contributed by atoms with Crippen LogP contribution in [0.3, 0.4) is 0 Å². The number of nitrogens with one attached hydrogen (secondary N) is 3. The van der Waals surface area contributed by atoms with Crippen molar-refractivity contribution >= 4 is 39.7 Å². The predicted molar refractivity (Wildman–Crippen MR) is 95.8 cm³/mol. The lowest BCUT2D eigenvalue weighted by Crippen LogP contribution is -2.27. The first kappa shape index (κ1) is 19.7. The van der Waals surface area contributed by atoms with E-state index in [-0.39, 0.29) is 30.1 Å². The lowest BCUT2D eigenvalue weighted by molar-refractivity contribution is -0.116. The third kappa shape index (κ3) is 6.01. The van der Waals surface area contributed by atoms with Crippen molar-refractivity contribution in [2.24, 2.45) is 0 Å². The zero-order valence-electron chi connectivity index (χ0n) is 13.4. The number of halogens is 1. The maximum atomic E-state index is 12.0. The van der Waals surface area contributed by atoms with Crippen LogP contribution in [0.4, 0.5) is 11.4 Å². The molecule has 1 atom stereocenters. The second-order valence-corrected chi connectivity index (χ2v) is 7.59. The van der Waals surface area contributed by atoms with Crippen molar-refractivity contribution in [1.82, 2.24) is 5.32 Å². The molecule has 0 spiro atoms. The van der Waals surface area contributed by atoms with Crippen molar-refractivity contribution in [1.29, 1.82) is 0 Å². The zero-order chi connectivity index (χ0) is 16.2. The summed E-state index contributed by atoms with van der Waals surface area (Å²) in [6.07, 6.45) is 2.61. The summed E-state index contributed by atoms with van der Waals surface area (Å²) in [7, 11) is -3.29. The third-order valence-corrected chi connectivity index (χ3v) is 5.04. The highest BCUT2D eigenvalue weighted by Gasteiger charge is 2.17. The lowest BCUT2D eigenvalue weighted by Gasteiger charge is -2.13. The van der Waals surface area contributed by atoms with Crippen molar-refractivity contribution in [3.8, 4) is 0 Å². The van der Waals surface area contributed by atoms with E-state index >= 15 is 0 Å². The number of carbonyl (C=O) groups is 1. The molecule has 1 heterocycles. The molecule has 1 aliphatic heterocycles. The molecule has 8 heteroatoms. The van der Waals surface area contributed by atoms with Crippen LogP contribution in [-0.4, -0.2) is 32.7 Å². The summed E-state index contributed by atoms with van der Waals surface area (Å²) in [4.78, 5) is 12.0. The molecule has 130 valence electrons. The summed E-state index contributed by atoms with van der Waals surface area (Å²) in [5.74, 6) is -0.0000409. The number of anilines is 2. The number of hydrogen-bond acceptors (Lipinski definition) is 4. The Kier molecular flexibility index (Phi) is 7.31. The third-order valence-electron chi connectivity index (χ3n) is 3.75. The predicted octanol–water partition coefficient (Wildman–Crippen LogP) is 2.26. The molecule has 1 unspecified atom stereocenters. The fraction of sp³-hybridized carbons (Fsp3) is 0.533. The van der Waals surface area contributed by atoms with E-state index < -0.39 is 10.0 Å². The molecule has 0 bridgehead atoms. The molecular formula is C15H24ClN3O3S. The van der Waals surface area contributed by atoms with E-state index in [0.717, 1.165) is 24.9 Å². The molecule has 1 saturated heterocycles. The maximum absolute atomic E-state index is 12.0. The average Bonchev–Trinajstić information content (AvgIpc) is 2.94. The number of amides is 1. The van der Waals surface area contributed by atoms with E-state index in [0.29, 0.717) is 17.8 Å². The maximum Gasteiger partial charge on any atom is 0.232 e. The molecule has 3 N–H and O–H groups in total. The summed E-state index contributed by atoms with van der Waals surface area (Å²) in [6.45, 7) is 4.37. The van der Waals surface area contributed by atoms with Gasteiger partial charge in [-0.1, -0.05) is 0 Å². The van der Waals surface area contributed by atoms with Gasteiger partial charge in [0.2, 0.25) is 15.9 Å². The van der Waals surface area contributed by atoms with E-state index in [1.165, 1.54) is 0 Å². The molecule has 0 aliphatic carbocycles. The molecule has 0 saturated carbocycles. The van der Waals surface area contributed by atoms with Gasteiger partial charge in [0, 0.05) is 18.2 Å². The molecule has 1 aromatic carbocycles. The van der Waals surface area contributed by atoms with Gasteiger partial charge in [-0.3, -0.25) is 9.52 Å². The van der Waals surface area contributed by atoms with Crippen LogP contribution >= 0.6 is 12.4 Å². The van der Waals surface area contributed by atoms with E-state index in [1.807, 2.05) is 6.92 Å². The number of rotatable bonds is 6. The Morgan fingerprint density at radius 2 is 2.13 bits per heavy atom. The largest absolute Gasteiger partial charge is 0.326 e. The summed E-state index contributed by atoms with van der Waals surface area (Å²) in [5.41, 5.74) is 1.99. The van der Waals surface area contributed by atoms with Crippen LogP contribution in [0.25, 0.3) is 0 Å². The average molecular weight is 362 g/mol. The standard InChI is InChI=1S/C15H23N3O3S.ClH/c1-3-22(20,21)18-14-7-6-13(9-11(14)2)17-15(19)10-12-5-4-8-16-12;/h6-7,9,12,16,18H,3-5,8,10H2,1-2H3,(H,17,19);1H. The smallest absolute Gasteiger partial charge is 0.232 e. The highest BCUT2D eigenvalue weighted by molar-refractivity contribution is 7.92. The monoisotopic (exact) mass is 361 g/mol. The minimum absolute atomic E-state index is 0. The Morgan fingerprint density at radius 3 is 2.70 bits per heavy atom. The molecule has 0 aromatic heterocycles. The van der Waals surface area contributed by atoms with Gasteiger partial charge >= 0.3 is 0 Å². The van der Waals surface area contributed by atoms with Crippen LogP contribution in [0.2, 0.25) is 0 Å². The van der Waals surface area contributed by atoms with E-state index in [2.05, 4.69) is 15.4 Å². The summed E-state index contributed by atoms with van der Waals surface area (Å²) in [5, 5.41) is 6.15. The van der Waals surface area contributed by atoms with Crippen LogP contribution in [0.15, 0.2) is 18.2 Å². The van der Waals surface area contributed by atoms with Crippen LogP contribution in [0.1, 0.15) is 31.7 Å². The summed E-state index contributed by atoms with van der Waals surface area (Å²) in [6, 6.07) is 5.41. The van der Waals surface area contributed by atoms with E-state index in [9.17, 15) is 13.2 Å². The van der Waals surface area contributed by atoms with E-state index in [4.69, 9.17) is 0 Å². The summed E-state index contributed by atoms with van der Waals surface area (Å²) >= 11 is 0. The minimum atomic E-state index is -3.29. The molecule has 6 nitrogen and oxygen atoms in total. The van der Waals surface area contributed by atoms with Gasteiger partial charge < -0.3 is 10.6 Å². The molecule has 1 aliphatic rings. The first-order valence-corrected chi connectivity index (χ1v) is 9.19. The Labute approximate surface area is 143 Å². The Bertz CT molecular complexity index is 643. The number of aryl methyl sites for hydroxylation is 1. The van der Waals surface area contributed by atoms with Crippen LogP contribution in [0.5, 0.6) is 0 Å². The number of carbonyl (C=O) groups excluding carboxylic acids is 1. The van der Waals surface area contributed by atoms with Gasteiger partial charge in [-0.15, -0.1) is 12.4 Å². The second-order valence-electron chi connectivity index (χ2n) is 5.58. The second kappa shape index (κ2) is 8.52. The first-order valence-electron chi connectivity index (χ1n) is 7.54. The molecule has 0 radical (unpaired) electrons. The number of sulfonamides is 1. The Balaban J connectivity index is 0.00000264. The van der Waals surface area contributed by atoms with Crippen LogP contribution < -0.4 is 15.4 Å². The van der Waals surface area contributed by atoms with Crippen molar-refractivity contribution in [2.75, 3.05) is 22.3 Å². The van der Waals surface area contributed by atoms with Gasteiger partial charge in [0.05, 0.1) is 11.4 Å². The van der Waals surface area contributed by atoms with Gasteiger partial charge in [0.1, 0.15) is 0 Å². The van der Waals surface area contributed by atoms with Gasteiger partial charge in [0.25, 0.3) is 0 Å². The molecular weight excluding hydrogens is 338 g/mol. The SMILES string of the molecule is CCS(=O)(=O)Nc1ccc(NC(=O)CC2CCCN2)cc1C.Cl. The van der Waals surface area contributed by atoms with Gasteiger partial charge in [-0.2, -0.15) is 0 Å². The topological polar surface area (TPSA) is 87.3 Å². The first-order chi connectivity index (χ1) is 10.4. The normalized spacial score (nSPS) is 17.4. The molecule has 1 amide bonds. The fourth-order valence-electron chi connectivity index (χ4n) is 2.46. The van der Waals surface area contributed by atoms with Crippen LogP contribution in [0, 0.1) is 6.92 Å². The van der Waals surface area contributed by atoms with Crippen LogP contribution in [-0.2, 0) is 14.8 Å². The fourth-order valence-corrected chi connectivity index (χ4v) is 3.17. The van der Waals surface area contributed by atoms with Crippen molar-refractivity contribution in [3.05, 3.63) is 23.8 Å². The quantitative estimate of drug-likeness (QED) is 0.725. The lowest BCUT2D eigenvalue weighted by atomic mass is 10.1. The minimum Gasteiger partial charge on any atom is -0.326 e. The molecule has 23 heavy (non-hydrogen) atoms. The molecule has 1 aromatic rings. The van der Waals surface area contributed by atoms with Crippen molar-refractivity contribution in [2.45, 2.75) is 39.2 Å². The summed E-state index contributed by atoms with van der Waals surface area (Å²) < 4.78 is 25.7. The van der Waals surface area contributed by atoms with Crippen molar-refractivity contribution in [3.63, 3.8) is 0 Å². The number of benzene rings is 1. The zero-order valence-corrected chi connectivity index (χ0v) is 15.0. The Hall–Kier alpha value is -1.31. The molecule has 1 fully saturated rings. The molecule has 2 rings (SSSR count). The van der Waals surface area contributed by atoms with Gasteiger partial charge in [-0.25, -0.2) is 8.42 Å². The number of hydrogen-bond donors (Lipinski definition) is 3. The highest BCUT2D eigenvalue weighted by Crippen LogP contribution is 2.21.